The Hall–Kier alpha value is -2.50. The van der Waals surface area contributed by atoms with E-state index in [4.69, 9.17) is 0 Å². The Bertz CT molecular complexity index is 865. The van der Waals surface area contributed by atoms with Crippen molar-refractivity contribution in [3.63, 3.8) is 0 Å². The van der Waals surface area contributed by atoms with Gasteiger partial charge in [-0.3, -0.25) is 14.5 Å². The minimum Gasteiger partial charge on any atom is -0.392 e. The van der Waals surface area contributed by atoms with E-state index in [2.05, 4.69) is 10.2 Å². The normalized spacial score (nSPS) is 20.2. The molecule has 0 unspecified atom stereocenters. The fourth-order valence-electron chi connectivity index (χ4n) is 4.20. The largest absolute Gasteiger partial charge is 0.392 e. The summed E-state index contributed by atoms with van der Waals surface area (Å²) in [6.45, 7) is 2.18. The Morgan fingerprint density at radius 2 is 1.93 bits per heavy atom. The molecule has 0 spiro atoms. The number of carbonyl (C=O) groups is 2. The molecule has 1 saturated heterocycles. The van der Waals surface area contributed by atoms with Crippen LogP contribution in [0.5, 0.6) is 0 Å². The number of aliphatic hydroxyl groups is 1. The molecule has 5 heteroatoms. The summed E-state index contributed by atoms with van der Waals surface area (Å²) in [4.78, 5) is 26.6. The Kier molecular flexibility index (Phi) is 5.55. The van der Waals surface area contributed by atoms with E-state index < -0.39 is 0 Å². The van der Waals surface area contributed by atoms with E-state index >= 15 is 0 Å². The summed E-state index contributed by atoms with van der Waals surface area (Å²) in [5.74, 6) is 0.214. The van der Waals surface area contributed by atoms with Crippen molar-refractivity contribution in [1.29, 1.82) is 0 Å². The number of hydrogen-bond donors (Lipinski definition) is 2. The number of β-amino-alcohol motifs (C(OH)–C–C–N with tert-alkyl or cyclic N) is 1. The van der Waals surface area contributed by atoms with Crippen LogP contribution in [0.4, 0.5) is 0 Å². The summed E-state index contributed by atoms with van der Waals surface area (Å²) in [5, 5.41) is 13.0. The first-order chi connectivity index (χ1) is 13.6. The van der Waals surface area contributed by atoms with E-state index in [-0.39, 0.29) is 23.8 Å². The van der Waals surface area contributed by atoms with Crippen molar-refractivity contribution in [2.75, 3.05) is 19.6 Å². The smallest absolute Gasteiger partial charge is 0.224 e. The summed E-state index contributed by atoms with van der Waals surface area (Å²) in [6, 6.07) is 15.8. The topological polar surface area (TPSA) is 69.6 Å². The Morgan fingerprint density at radius 3 is 2.68 bits per heavy atom. The van der Waals surface area contributed by atoms with Crippen LogP contribution in [-0.2, 0) is 28.9 Å². The number of benzene rings is 2. The van der Waals surface area contributed by atoms with Crippen LogP contribution >= 0.6 is 0 Å². The molecular weight excluding hydrogens is 352 g/mol. The van der Waals surface area contributed by atoms with E-state index in [1.54, 1.807) is 0 Å². The molecule has 1 aliphatic heterocycles. The first-order valence-electron chi connectivity index (χ1n) is 9.94. The second-order valence-electron chi connectivity index (χ2n) is 7.90. The van der Waals surface area contributed by atoms with Crippen LogP contribution in [0.25, 0.3) is 0 Å². The maximum Gasteiger partial charge on any atom is 0.224 e. The maximum absolute atomic E-state index is 12.8. The highest BCUT2D eigenvalue weighted by molar-refractivity contribution is 5.88. The molecule has 2 N–H and O–H groups in total. The molecule has 2 aromatic carbocycles. The van der Waals surface area contributed by atoms with Crippen molar-refractivity contribution < 1.29 is 14.7 Å². The quantitative estimate of drug-likeness (QED) is 0.805. The third-order valence-electron chi connectivity index (χ3n) is 5.64. The minimum absolute atomic E-state index is 0.0297. The minimum atomic E-state index is -0.277. The number of hydrogen-bond acceptors (Lipinski definition) is 4. The molecule has 1 fully saturated rings. The number of nitrogens with one attached hydrogen (secondary N) is 1. The molecule has 0 radical (unpaired) electrons. The lowest BCUT2D eigenvalue weighted by molar-refractivity contribution is -0.121. The van der Waals surface area contributed by atoms with Crippen LogP contribution in [0.3, 0.4) is 0 Å². The zero-order valence-electron chi connectivity index (χ0n) is 15.9. The Labute approximate surface area is 165 Å². The van der Waals surface area contributed by atoms with Crippen LogP contribution in [0.2, 0.25) is 0 Å². The zero-order chi connectivity index (χ0) is 19.5. The molecule has 2 atom stereocenters. The molecule has 1 amide bonds. The molecule has 0 bridgehead atoms. The fourth-order valence-corrected chi connectivity index (χ4v) is 4.20. The third-order valence-corrected chi connectivity index (χ3v) is 5.64. The van der Waals surface area contributed by atoms with Gasteiger partial charge in [-0.05, 0) is 28.7 Å². The second-order valence-corrected chi connectivity index (χ2v) is 7.90. The SMILES string of the molecule is O=C1Cc2ccc(CC(=O)N[C@H](CN3CC[C@H](O)C3)c3ccccc3)cc2C1. The molecular formula is C23H26N2O3. The average Bonchev–Trinajstić information content (AvgIpc) is 3.25. The second kappa shape index (κ2) is 8.25. The highest BCUT2D eigenvalue weighted by Gasteiger charge is 2.25. The third kappa shape index (κ3) is 4.49. The number of carbonyl (C=O) groups excluding carboxylic acids is 2. The van der Waals surface area contributed by atoms with Gasteiger partial charge in [-0.1, -0.05) is 48.5 Å². The van der Waals surface area contributed by atoms with Crippen LogP contribution in [0.15, 0.2) is 48.5 Å². The van der Waals surface area contributed by atoms with Gasteiger partial charge in [0, 0.05) is 32.5 Å². The standard InChI is InChI=1S/C23H26N2O3/c26-20-8-9-25(14-20)15-22(17-4-2-1-3-5-17)24-23(28)11-16-6-7-18-12-21(27)13-19(18)10-16/h1-7,10,20,22,26H,8-9,11-15H2,(H,24,28)/t20-,22+/m0/s1. The maximum atomic E-state index is 12.8. The lowest BCUT2D eigenvalue weighted by atomic mass is 10.0. The summed E-state index contributed by atoms with van der Waals surface area (Å²) < 4.78 is 0. The number of amides is 1. The van der Waals surface area contributed by atoms with Gasteiger partial charge >= 0.3 is 0 Å². The number of ketones is 1. The van der Waals surface area contributed by atoms with Gasteiger partial charge in [0.05, 0.1) is 18.6 Å². The van der Waals surface area contributed by atoms with Crippen LogP contribution in [0, 0.1) is 0 Å². The van der Waals surface area contributed by atoms with Crippen LogP contribution in [0.1, 0.15) is 34.7 Å². The molecule has 2 aromatic rings. The number of likely N-dealkylation sites (tertiary alicyclic amines) is 1. The molecule has 0 aromatic heterocycles. The Morgan fingerprint density at radius 1 is 1.14 bits per heavy atom. The highest BCUT2D eigenvalue weighted by atomic mass is 16.3. The van der Waals surface area contributed by atoms with Crippen LogP contribution < -0.4 is 5.32 Å². The summed E-state index contributed by atoms with van der Waals surface area (Å²) >= 11 is 0. The van der Waals surface area contributed by atoms with Gasteiger partial charge in [-0.2, -0.15) is 0 Å². The van der Waals surface area contributed by atoms with E-state index in [0.717, 1.165) is 35.2 Å². The van der Waals surface area contributed by atoms with Gasteiger partial charge in [0.15, 0.2) is 0 Å². The van der Waals surface area contributed by atoms with Gasteiger partial charge in [0.1, 0.15) is 5.78 Å². The summed E-state index contributed by atoms with van der Waals surface area (Å²) in [7, 11) is 0. The molecule has 4 rings (SSSR count). The number of fused-ring (bicyclic) bond motifs is 1. The predicted molar refractivity (Wildman–Crippen MR) is 107 cm³/mol. The first kappa shape index (κ1) is 18.8. The van der Waals surface area contributed by atoms with E-state index in [1.165, 1.54) is 0 Å². The van der Waals surface area contributed by atoms with Gasteiger partial charge in [0.25, 0.3) is 0 Å². The van der Waals surface area contributed by atoms with Crippen LogP contribution in [-0.4, -0.2) is 47.4 Å². The average molecular weight is 378 g/mol. The van der Waals surface area contributed by atoms with Crippen molar-refractivity contribution in [2.45, 2.75) is 37.8 Å². The fraction of sp³-hybridized carbons (Fsp3) is 0.391. The van der Waals surface area contributed by atoms with Crippen molar-refractivity contribution in [1.82, 2.24) is 10.2 Å². The molecule has 28 heavy (non-hydrogen) atoms. The van der Waals surface area contributed by atoms with Crippen molar-refractivity contribution in [3.8, 4) is 0 Å². The Balaban J connectivity index is 1.43. The number of Topliss-reactive ketones (excluding diaryl/α,β-unsaturated/α-hetero) is 1. The highest BCUT2D eigenvalue weighted by Crippen LogP contribution is 2.22. The van der Waals surface area contributed by atoms with Crippen molar-refractivity contribution in [3.05, 3.63) is 70.8 Å². The lowest BCUT2D eigenvalue weighted by Crippen LogP contribution is -2.38. The molecule has 1 heterocycles. The summed E-state index contributed by atoms with van der Waals surface area (Å²) in [5.41, 5.74) is 4.15. The first-order valence-corrected chi connectivity index (χ1v) is 9.94. The predicted octanol–water partition coefficient (Wildman–Crippen LogP) is 1.82. The molecule has 146 valence electrons. The molecule has 0 saturated carbocycles. The van der Waals surface area contributed by atoms with Gasteiger partial charge in [0.2, 0.25) is 5.91 Å². The van der Waals surface area contributed by atoms with Crippen molar-refractivity contribution in [2.24, 2.45) is 0 Å². The number of rotatable bonds is 6. The lowest BCUT2D eigenvalue weighted by Gasteiger charge is -2.25. The van der Waals surface area contributed by atoms with Gasteiger partial charge in [-0.25, -0.2) is 0 Å². The monoisotopic (exact) mass is 378 g/mol. The van der Waals surface area contributed by atoms with Gasteiger partial charge < -0.3 is 10.4 Å². The van der Waals surface area contributed by atoms with Gasteiger partial charge in [-0.15, -0.1) is 0 Å². The van der Waals surface area contributed by atoms with E-state index in [0.29, 0.717) is 32.4 Å². The molecule has 2 aliphatic rings. The number of nitrogens with zero attached hydrogens (tertiary/aromatic N) is 1. The molecule has 1 aliphatic carbocycles. The zero-order valence-corrected chi connectivity index (χ0v) is 15.9. The summed E-state index contributed by atoms with van der Waals surface area (Å²) in [6.07, 6.45) is 1.80. The van der Waals surface area contributed by atoms with Crippen molar-refractivity contribution >= 4 is 11.7 Å². The van der Waals surface area contributed by atoms with E-state index in [9.17, 15) is 14.7 Å². The van der Waals surface area contributed by atoms with E-state index in [1.807, 2.05) is 48.5 Å². The number of aliphatic hydroxyl groups excluding tert-OH is 1. The molecule has 5 nitrogen and oxygen atoms in total.